The molecule has 0 aliphatic heterocycles. The van der Waals surface area contributed by atoms with Crippen molar-refractivity contribution in [3.05, 3.63) is 111 Å². The number of hydrogen-bond donors (Lipinski definition) is 0. The number of hydrogen-bond acceptors (Lipinski definition) is 7. The largest absolute Gasteiger partial charge is 0.289 e. The lowest BCUT2D eigenvalue weighted by molar-refractivity contribution is 0.104. The van der Waals surface area contributed by atoms with Gasteiger partial charge in [0.05, 0.1) is 22.3 Å². The lowest BCUT2D eigenvalue weighted by atomic mass is 9.92. The first-order valence-electron chi connectivity index (χ1n) is 12.6. The first kappa shape index (κ1) is 24.0. The van der Waals surface area contributed by atoms with Crippen molar-refractivity contribution in [1.29, 1.82) is 31.6 Å². The van der Waals surface area contributed by atoms with E-state index in [-0.39, 0.29) is 33.6 Å². The van der Waals surface area contributed by atoms with Crippen LogP contribution in [-0.4, -0.2) is 5.78 Å². The summed E-state index contributed by atoms with van der Waals surface area (Å²) in [6.07, 6.45) is 0. The van der Waals surface area contributed by atoms with Gasteiger partial charge < -0.3 is 0 Å². The molecule has 0 N–H and O–H groups in total. The van der Waals surface area contributed by atoms with Crippen LogP contribution < -0.4 is 0 Å². The van der Waals surface area contributed by atoms with E-state index in [0.29, 0.717) is 71.6 Å². The van der Waals surface area contributed by atoms with E-state index in [2.05, 4.69) is 12.1 Å². The zero-order valence-corrected chi connectivity index (χ0v) is 21.4. The maximum Gasteiger partial charge on any atom is 0.194 e. The topological polar surface area (TPSA) is 160 Å². The normalized spacial score (nSPS) is 11.7. The first-order valence-corrected chi connectivity index (χ1v) is 12.6. The van der Waals surface area contributed by atoms with Crippen LogP contribution in [0.15, 0.2) is 66.2 Å². The summed E-state index contributed by atoms with van der Waals surface area (Å²) in [4.78, 5) is 14.1. The molecule has 7 nitrogen and oxygen atoms in total. The van der Waals surface area contributed by atoms with E-state index in [4.69, 9.17) is 0 Å². The number of ketones is 1. The van der Waals surface area contributed by atoms with Crippen LogP contribution in [0.25, 0.3) is 49.4 Å². The van der Waals surface area contributed by atoms with Crippen molar-refractivity contribution in [2.75, 3.05) is 0 Å². The van der Waals surface area contributed by atoms with E-state index in [1.165, 1.54) is 0 Å². The monoisotopic (exact) mass is 530 g/mol. The zero-order valence-electron chi connectivity index (χ0n) is 21.4. The average Bonchev–Trinajstić information content (AvgIpc) is 3.48. The van der Waals surface area contributed by atoms with Gasteiger partial charge >= 0.3 is 0 Å². The highest BCUT2D eigenvalue weighted by molar-refractivity contribution is 6.28. The van der Waals surface area contributed by atoms with Crippen molar-refractivity contribution in [2.45, 2.75) is 0 Å². The number of nitrogens with zero attached hydrogens (tertiary/aromatic N) is 6. The van der Waals surface area contributed by atoms with Gasteiger partial charge in [-0.1, -0.05) is 12.1 Å². The number of carbonyl (C=O) groups excluding carboxylic acids is 1. The fourth-order valence-electron chi connectivity index (χ4n) is 6.13. The third kappa shape index (κ3) is 3.00. The Bertz CT molecular complexity index is 2480. The van der Waals surface area contributed by atoms with Crippen LogP contribution in [0.2, 0.25) is 0 Å². The molecular formula is C35H10N6O. The van der Waals surface area contributed by atoms with E-state index < -0.39 is 0 Å². The quantitative estimate of drug-likeness (QED) is 0.202. The summed E-state index contributed by atoms with van der Waals surface area (Å²) in [7, 11) is 0. The molecule has 2 aliphatic rings. The van der Waals surface area contributed by atoms with Gasteiger partial charge in [0.25, 0.3) is 0 Å². The fraction of sp³-hybridized carbons (Fsp3) is 0. The predicted molar refractivity (Wildman–Crippen MR) is 152 cm³/mol. The van der Waals surface area contributed by atoms with Crippen molar-refractivity contribution in [1.82, 2.24) is 0 Å². The van der Waals surface area contributed by atoms with Crippen molar-refractivity contribution in [2.24, 2.45) is 0 Å². The molecule has 7 rings (SSSR count). The van der Waals surface area contributed by atoms with Gasteiger partial charge in [0.15, 0.2) is 5.78 Å². The second-order valence-corrected chi connectivity index (χ2v) is 9.95. The maximum absolute atomic E-state index is 14.1. The molecule has 5 aromatic carbocycles. The van der Waals surface area contributed by atoms with Crippen molar-refractivity contribution in [3.63, 3.8) is 0 Å². The van der Waals surface area contributed by atoms with Gasteiger partial charge in [-0.2, -0.15) is 31.6 Å². The molecule has 5 aromatic rings. The number of rotatable bonds is 0. The Morgan fingerprint density at radius 3 is 1.36 bits per heavy atom. The lowest BCUT2D eigenvalue weighted by Gasteiger charge is -2.09. The van der Waals surface area contributed by atoms with Gasteiger partial charge in [0, 0.05) is 22.3 Å². The molecule has 0 unspecified atom stereocenters. The van der Waals surface area contributed by atoms with Gasteiger partial charge in [-0.3, -0.25) is 4.79 Å². The molecule has 0 bridgehead atoms. The number of benzene rings is 5. The Morgan fingerprint density at radius 2 is 0.881 bits per heavy atom. The van der Waals surface area contributed by atoms with E-state index in [9.17, 15) is 36.4 Å². The molecule has 2 aliphatic carbocycles. The molecular weight excluding hydrogens is 520 g/mol. The minimum atomic E-state index is -0.234. The van der Waals surface area contributed by atoms with E-state index in [0.717, 1.165) is 0 Å². The van der Waals surface area contributed by atoms with Crippen LogP contribution in [0.1, 0.15) is 49.3 Å². The van der Waals surface area contributed by atoms with Crippen molar-refractivity contribution < 1.29 is 4.79 Å². The van der Waals surface area contributed by atoms with Crippen LogP contribution in [0.5, 0.6) is 0 Å². The number of nitriles is 6. The number of carbonyl (C=O) groups is 1. The molecule has 0 heterocycles. The highest BCUT2D eigenvalue weighted by Gasteiger charge is 2.37. The Balaban J connectivity index is 1.57. The summed E-state index contributed by atoms with van der Waals surface area (Å²) in [5.74, 6) is -0.234. The molecule has 0 spiro atoms. The summed E-state index contributed by atoms with van der Waals surface area (Å²) < 4.78 is 0. The number of fused-ring (bicyclic) bond motifs is 9. The second kappa shape index (κ2) is 8.48. The molecule has 42 heavy (non-hydrogen) atoms. The maximum atomic E-state index is 14.1. The smallest absolute Gasteiger partial charge is 0.194 e. The molecule has 0 atom stereocenters. The first-order chi connectivity index (χ1) is 20.5. The standard InChI is InChI=1S/C35H10N6O/c36-11-21-3-17-7-28-26-1-2-27-32(25(15-40)16-41)29-8-18-4-22(12-37)23(13-38)5-19(18)9-30(29)33(27)34(26)35(42)31(28)10-20(17)6-24(21)14-39/h1-10H. The van der Waals surface area contributed by atoms with Gasteiger partial charge in [0.2, 0.25) is 0 Å². The summed E-state index contributed by atoms with van der Waals surface area (Å²) in [5.41, 5.74) is 5.83. The minimum absolute atomic E-state index is 0.106. The third-order valence-corrected chi connectivity index (χ3v) is 7.96. The second-order valence-electron chi connectivity index (χ2n) is 9.95. The van der Waals surface area contributed by atoms with Crippen molar-refractivity contribution >= 4 is 32.9 Å². The molecule has 7 heteroatoms. The Morgan fingerprint density at radius 1 is 0.452 bits per heavy atom. The Hall–Kier alpha value is -7.03. The van der Waals surface area contributed by atoms with Gasteiger partial charge in [-0.15, -0.1) is 0 Å². The third-order valence-electron chi connectivity index (χ3n) is 7.96. The van der Waals surface area contributed by atoms with E-state index in [1.54, 1.807) is 48.5 Å². The molecule has 0 aromatic heterocycles. The molecule has 186 valence electrons. The summed E-state index contributed by atoms with van der Waals surface area (Å²) in [6.45, 7) is 0. The van der Waals surface area contributed by atoms with E-state index in [1.807, 2.05) is 36.4 Å². The molecule has 0 amide bonds. The Kier molecular flexibility index (Phi) is 4.86. The van der Waals surface area contributed by atoms with Crippen LogP contribution in [0.4, 0.5) is 0 Å². The Labute approximate surface area is 238 Å². The van der Waals surface area contributed by atoms with Crippen LogP contribution in [0, 0.1) is 68.0 Å². The lowest BCUT2D eigenvalue weighted by Crippen LogP contribution is -1.99. The van der Waals surface area contributed by atoms with Gasteiger partial charge in [-0.05, 0) is 97.9 Å². The van der Waals surface area contributed by atoms with E-state index >= 15 is 0 Å². The zero-order chi connectivity index (χ0) is 29.3. The number of allylic oxidation sites excluding steroid dienone is 1. The minimum Gasteiger partial charge on any atom is -0.289 e. The summed E-state index contributed by atoms with van der Waals surface area (Å²) >= 11 is 0. The highest BCUT2D eigenvalue weighted by atomic mass is 16.1. The van der Waals surface area contributed by atoms with Crippen LogP contribution in [-0.2, 0) is 0 Å². The van der Waals surface area contributed by atoms with Crippen LogP contribution >= 0.6 is 0 Å². The van der Waals surface area contributed by atoms with Crippen LogP contribution in [0.3, 0.4) is 0 Å². The van der Waals surface area contributed by atoms with Gasteiger partial charge in [-0.25, -0.2) is 0 Å². The van der Waals surface area contributed by atoms with Gasteiger partial charge in [0.1, 0.15) is 42.0 Å². The molecule has 0 saturated heterocycles. The molecule has 0 radical (unpaired) electrons. The summed E-state index contributed by atoms with van der Waals surface area (Å²) in [5, 5.41) is 60.6. The predicted octanol–water partition coefficient (Wildman–Crippen LogP) is 6.52. The SMILES string of the molecule is N#CC(C#N)=C1c2cc3cc(C#N)c(C#N)cc3cc2-c2c1ccc1c2C(=O)c2cc3cc(C#N)c(C#N)cc3cc2-1. The highest BCUT2D eigenvalue weighted by Crippen LogP contribution is 2.53. The average molecular weight is 531 g/mol. The van der Waals surface area contributed by atoms with Crippen molar-refractivity contribution in [3.8, 4) is 58.7 Å². The summed E-state index contributed by atoms with van der Waals surface area (Å²) in [6, 6.07) is 29.4. The molecule has 0 fully saturated rings. The fourth-order valence-corrected chi connectivity index (χ4v) is 6.13. The molecule has 0 saturated carbocycles.